The molecule has 1 aromatic heterocycles. The van der Waals surface area contributed by atoms with E-state index in [4.69, 9.17) is 4.42 Å². The molecule has 2 heteroatoms. The molecule has 0 radical (unpaired) electrons. The molecule has 0 spiro atoms. The Labute approximate surface area is 323 Å². The van der Waals surface area contributed by atoms with E-state index in [-0.39, 0.29) is 10.8 Å². The maximum absolute atomic E-state index is 6.53. The van der Waals surface area contributed by atoms with Gasteiger partial charge in [0.2, 0.25) is 0 Å². The summed E-state index contributed by atoms with van der Waals surface area (Å²) < 4.78 is 6.53. The summed E-state index contributed by atoms with van der Waals surface area (Å²) in [6.45, 7) is 11.5. The molecule has 1 heterocycles. The first kappa shape index (κ1) is 33.2. The van der Waals surface area contributed by atoms with Crippen molar-refractivity contribution < 1.29 is 4.42 Å². The molecule has 0 aliphatic heterocycles. The molecule has 0 saturated heterocycles. The molecule has 0 saturated carbocycles. The molecule has 8 aromatic carbocycles. The van der Waals surface area contributed by atoms with Crippen molar-refractivity contribution in [1.29, 1.82) is 0 Å². The summed E-state index contributed by atoms with van der Waals surface area (Å²) >= 11 is 0. The third-order valence-corrected chi connectivity index (χ3v) is 11.8. The minimum atomic E-state index is -0.0686. The van der Waals surface area contributed by atoms with Gasteiger partial charge in [-0.05, 0) is 97.6 Å². The van der Waals surface area contributed by atoms with Crippen molar-refractivity contribution in [3.8, 4) is 33.4 Å². The van der Waals surface area contributed by atoms with Gasteiger partial charge in [-0.3, -0.25) is 0 Å². The van der Waals surface area contributed by atoms with Crippen LogP contribution < -0.4 is 4.90 Å². The Morgan fingerprint density at radius 1 is 0.491 bits per heavy atom. The molecule has 10 rings (SSSR count). The van der Waals surface area contributed by atoms with Gasteiger partial charge >= 0.3 is 0 Å². The van der Waals surface area contributed by atoms with Crippen LogP contribution in [0.5, 0.6) is 0 Å². The van der Waals surface area contributed by atoms with E-state index in [1.54, 1.807) is 0 Å². The Hall–Kier alpha value is -6.38. The smallest absolute Gasteiger partial charge is 0.143 e. The van der Waals surface area contributed by atoms with E-state index >= 15 is 0 Å². The van der Waals surface area contributed by atoms with Crippen molar-refractivity contribution in [2.75, 3.05) is 4.90 Å². The highest BCUT2D eigenvalue weighted by molar-refractivity contribution is 6.10. The number of fused-ring (bicyclic) bond motifs is 7. The summed E-state index contributed by atoms with van der Waals surface area (Å²) in [4.78, 5) is 2.47. The van der Waals surface area contributed by atoms with Crippen LogP contribution in [0.2, 0.25) is 0 Å². The first-order valence-electron chi connectivity index (χ1n) is 19.3. The Morgan fingerprint density at radius 2 is 1.15 bits per heavy atom. The van der Waals surface area contributed by atoms with Crippen molar-refractivity contribution in [2.24, 2.45) is 0 Å². The topological polar surface area (TPSA) is 16.4 Å². The number of anilines is 3. The number of para-hydroxylation sites is 2. The summed E-state index contributed by atoms with van der Waals surface area (Å²) in [5.41, 5.74) is 16.4. The highest BCUT2D eigenvalue weighted by atomic mass is 16.3. The van der Waals surface area contributed by atoms with Gasteiger partial charge in [0.1, 0.15) is 11.2 Å². The van der Waals surface area contributed by atoms with E-state index in [9.17, 15) is 0 Å². The third-order valence-electron chi connectivity index (χ3n) is 11.8. The van der Waals surface area contributed by atoms with E-state index in [2.05, 4.69) is 203 Å². The molecular formula is C53H43NO. The van der Waals surface area contributed by atoms with Crippen LogP contribution in [0.4, 0.5) is 17.1 Å². The second-order valence-corrected chi connectivity index (χ2v) is 16.6. The van der Waals surface area contributed by atoms with E-state index in [0.717, 1.165) is 55.7 Å². The van der Waals surface area contributed by atoms with Crippen LogP contribution >= 0.6 is 0 Å². The zero-order valence-corrected chi connectivity index (χ0v) is 32.0. The Morgan fingerprint density at radius 3 is 1.98 bits per heavy atom. The maximum Gasteiger partial charge on any atom is 0.143 e. The summed E-state index contributed by atoms with van der Waals surface area (Å²) in [6, 6.07) is 62.3. The Bertz CT molecular complexity index is 2940. The Balaban J connectivity index is 1.21. The second-order valence-electron chi connectivity index (χ2n) is 16.6. The minimum Gasteiger partial charge on any atom is -0.455 e. The SMILES string of the molecule is CC(C)(C)c1ccc(N(c2ccc3c(c2)-c2ccccc2C3(C)C)c2ccc3ccccc3c2-c2cccc(-c3cccc4c3oc3ccccc34)c2)cc1. The lowest BCUT2D eigenvalue weighted by molar-refractivity contribution is 0.590. The molecule has 0 fully saturated rings. The zero-order valence-electron chi connectivity index (χ0n) is 32.0. The largest absolute Gasteiger partial charge is 0.455 e. The molecule has 9 aromatic rings. The molecule has 0 bridgehead atoms. The second kappa shape index (κ2) is 12.3. The molecule has 0 unspecified atom stereocenters. The molecule has 2 nitrogen and oxygen atoms in total. The average molecular weight is 710 g/mol. The highest BCUT2D eigenvalue weighted by Crippen LogP contribution is 2.52. The quantitative estimate of drug-likeness (QED) is 0.177. The van der Waals surface area contributed by atoms with E-state index in [1.165, 1.54) is 44.2 Å². The van der Waals surface area contributed by atoms with Crippen molar-refractivity contribution in [2.45, 2.75) is 45.4 Å². The van der Waals surface area contributed by atoms with Crippen LogP contribution in [0.1, 0.15) is 51.3 Å². The number of hydrogen-bond acceptors (Lipinski definition) is 2. The number of furan rings is 1. The normalized spacial score (nSPS) is 13.3. The Kier molecular flexibility index (Phi) is 7.44. The van der Waals surface area contributed by atoms with Crippen molar-refractivity contribution >= 4 is 49.8 Å². The maximum atomic E-state index is 6.53. The third kappa shape index (κ3) is 5.31. The monoisotopic (exact) mass is 709 g/mol. The first-order chi connectivity index (χ1) is 26.7. The molecule has 55 heavy (non-hydrogen) atoms. The fraction of sp³-hybridized carbons (Fsp3) is 0.132. The van der Waals surface area contributed by atoms with E-state index in [0.29, 0.717) is 0 Å². The molecule has 0 N–H and O–H groups in total. The standard InChI is InChI=1S/C53H43NO/c1-52(2,3)37-25-27-38(28-26-37)54(39-29-30-47-45(33-39)42-18-8-10-22-46(42)53(47,4)5)48-31-24-34-14-6-7-17-40(34)50(48)36-16-12-15-35(32-36)41-20-13-21-44-43-19-9-11-23-49(43)55-51(41)44/h6-33H,1-5H3. The molecular weight excluding hydrogens is 667 g/mol. The molecule has 0 amide bonds. The van der Waals surface area contributed by atoms with Gasteiger partial charge < -0.3 is 9.32 Å². The van der Waals surface area contributed by atoms with Crippen LogP contribution in [-0.2, 0) is 10.8 Å². The lowest BCUT2D eigenvalue weighted by atomic mass is 9.82. The molecule has 0 atom stereocenters. The molecule has 1 aliphatic rings. The van der Waals surface area contributed by atoms with Gasteiger partial charge in [-0.1, -0.05) is 162 Å². The van der Waals surface area contributed by atoms with E-state index in [1.807, 2.05) is 6.07 Å². The van der Waals surface area contributed by atoms with Crippen molar-refractivity contribution in [3.63, 3.8) is 0 Å². The molecule has 1 aliphatic carbocycles. The summed E-state index contributed by atoms with van der Waals surface area (Å²) in [5, 5.41) is 4.69. The van der Waals surface area contributed by atoms with Gasteiger partial charge in [0.15, 0.2) is 0 Å². The lowest BCUT2D eigenvalue weighted by Gasteiger charge is -2.30. The van der Waals surface area contributed by atoms with Crippen molar-refractivity contribution in [3.05, 3.63) is 187 Å². The van der Waals surface area contributed by atoms with Gasteiger partial charge in [0.05, 0.1) is 5.69 Å². The predicted molar refractivity (Wildman–Crippen MR) is 233 cm³/mol. The van der Waals surface area contributed by atoms with Gasteiger partial charge in [-0.25, -0.2) is 0 Å². The number of hydrogen-bond donors (Lipinski definition) is 0. The minimum absolute atomic E-state index is 0.0451. The first-order valence-corrected chi connectivity index (χ1v) is 19.3. The fourth-order valence-electron chi connectivity index (χ4n) is 8.95. The predicted octanol–water partition coefficient (Wildman–Crippen LogP) is 15.1. The van der Waals surface area contributed by atoms with E-state index < -0.39 is 0 Å². The molecule has 266 valence electrons. The summed E-state index contributed by atoms with van der Waals surface area (Å²) in [7, 11) is 0. The summed E-state index contributed by atoms with van der Waals surface area (Å²) in [6.07, 6.45) is 0. The van der Waals surface area contributed by atoms with Gasteiger partial charge in [-0.15, -0.1) is 0 Å². The van der Waals surface area contributed by atoms with Gasteiger partial charge in [0.25, 0.3) is 0 Å². The number of nitrogens with zero attached hydrogens (tertiary/aromatic N) is 1. The number of benzene rings is 8. The lowest BCUT2D eigenvalue weighted by Crippen LogP contribution is -2.16. The fourth-order valence-corrected chi connectivity index (χ4v) is 8.95. The average Bonchev–Trinajstić information content (AvgIpc) is 3.70. The highest BCUT2D eigenvalue weighted by Gasteiger charge is 2.35. The zero-order chi connectivity index (χ0) is 37.5. The van der Waals surface area contributed by atoms with Crippen LogP contribution in [-0.4, -0.2) is 0 Å². The van der Waals surface area contributed by atoms with Crippen LogP contribution in [0.25, 0.3) is 66.1 Å². The van der Waals surface area contributed by atoms with Crippen LogP contribution in [0.15, 0.2) is 174 Å². The summed E-state index contributed by atoms with van der Waals surface area (Å²) in [5.74, 6) is 0. The van der Waals surface area contributed by atoms with Crippen LogP contribution in [0.3, 0.4) is 0 Å². The number of rotatable bonds is 5. The van der Waals surface area contributed by atoms with Gasteiger partial charge in [0, 0.05) is 38.7 Å². The van der Waals surface area contributed by atoms with Gasteiger partial charge in [-0.2, -0.15) is 0 Å². The van der Waals surface area contributed by atoms with Crippen LogP contribution in [0, 0.1) is 0 Å². The van der Waals surface area contributed by atoms with Crippen molar-refractivity contribution in [1.82, 2.24) is 0 Å².